The van der Waals surface area contributed by atoms with Crippen LogP contribution in [0.25, 0.3) is 11.2 Å². The number of imidazole rings is 2. The van der Waals surface area contributed by atoms with Gasteiger partial charge in [0.1, 0.15) is 11.3 Å². The fourth-order valence-corrected chi connectivity index (χ4v) is 2.06. The second-order valence-electron chi connectivity index (χ2n) is 4.23. The second kappa shape index (κ2) is 4.51. The first-order valence-corrected chi connectivity index (χ1v) is 6.07. The summed E-state index contributed by atoms with van der Waals surface area (Å²) in [5, 5.41) is 0.182. The van der Waals surface area contributed by atoms with E-state index in [1.807, 2.05) is 29.8 Å². The molecule has 0 aliphatic heterocycles. The van der Waals surface area contributed by atoms with Gasteiger partial charge in [-0.1, -0.05) is 0 Å². The van der Waals surface area contributed by atoms with Crippen LogP contribution in [0.5, 0.6) is 0 Å². The topological polar surface area (TPSA) is 75.5 Å². The van der Waals surface area contributed by atoms with Crippen LogP contribution in [0, 0.1) is 0 Å². The number of aromatic nitrogens is 6. The maximum Gasteiger partial charge on any atom is 0.226 e. The van der Waals surface area contributed by atoms with E-state index in [9.17, 15) is 0 Å². The number of hydrogen-bond acceptors (Lipinski definition) is 5. The van der Waals surface area contributed by atoms with E-state index >= 15 is 0 Å². The van der Waals surface area contributed by atoms with Gasteiger partial charge >= 0.3 is 0 Å². The lowest BCUT2D eigenvalue weighted by molar-refractivity contribution is 0.756. The molecule has 0 saturated heterocycles. The van der Waals surface area contributed by atoms with Crippen LogP contribution in [0.3, 0.4) is 0 Å². The Hall–Kier alpha value is -2.15. The first-order valence-electron chi connectivity index (χ1n) is 5.69. The van der Waals surface area contributed by atoms with Crippen LogP contribution in [0.15, 0.2) is 18.7 Å². The van der Waals surface area contributed by atoms with Gasteiger partial charge in [-0.2, -0.15) is 9.97 Å². The van der Waals surface area contributed by atoms with E-state index in [-0.39, 0.29) is 5.28 Å². The molecule has 3 aromatic rings. The number of rotatable bonds is 3. The Morgan fingerprint density at radius 3 is 2.95 bits per heavy atom. The van der Waals surface area contributed by atoms with Crippen LogP contribution in [-0.2, 0) is 13.6 Å². The Morgan fingerprint density at radius 1 is 1.37 bits per heavy atom. The number of nitrogens with zero attached hydrogens (tertiary/aromatic N) is 6. The maximum atomic E-state index is 5.91. The zero-order valence-corrected chi connectivity index (χ0v) is 11.3. The van der Waals surface area contributed by atoms with Crippen LogP contribution >= 0.6 is 11.6 Å². The molecule has 0 aliphatic carbocycles. The van der Waals surface area contributed by atoms with Crippen LogP contribution in [0.4, 0.5) is 5.82 Å². The minimum Gasteiger partial charge on any atom is -0.350 e. The molecule has 0 aliphatic rings. The molecule has 0 saturated carbocycles. The van der Waals surface area contributed by atoms with Crippen LogP contribution in [0.2, 0.25) is 5.28 Å². The molecule has 0 spiro atoms. The van der Waals surface area contributed by atoms with Gasteiger partial charge < -0.3 is 14.5 Å². The standard InChI is InChI=1S/C11H12ClN7/c1-18-4-3-13-7(18)5-19(2)10-8-9(15-6-14-8)16-11(12)17-10/h3-4,6H,5H2,1-2H3,(H,14,15,16,17). The summed E-state index contributed by atoms with van der Waals surface area (Å²) in [4.78, 5) is 21.7. The van der Waals surface area contributed by atoms with Crippen molar-refractivity contribution in [1.29, 1.82) is 0 Å². The molecule has 0 bridgehead atoms. The van der Waals surface area contributed by atoms with E-state index in [0.29, 0.717) is 18.0 Å². The Kier molecular flexibility index (Phi) is 2.83. The Morgan fingerprint density at radius 2 is 2.21 bits per heavy atom. The maximum absolute atomic E-state index is 5.91. The zero-order valence-electron chi connectivity index (χ0n) is 10.5. The molecular formula is C11H12ClN7. The molecular weight excluding hydrogens is 266 g/mol. The van der Waals surface area contributed by atoms with Crippen LogP contribution in [-0.4, -0.2) is 36.5 Å². The molecule has 7 nitrogen and oxygen atoms in total. The van der Waals surface area contributed by atoms with Gasteiger partial charge in [-0.3, -0.25) is 0 Å². The van der Waals surface area contributed by atoms with Crippen molar-refractivity contribution in [3.63, 3.8) is 0 Å². The fraction of sp³-hybridized carbons (Fsp3) is 0.273. The van der Waals surface area contributed by atoms with Crippen molar-refractivity contribution in [2.24, 2.45) is 7.05 Å². The normalized spacial score (nSPS) is 11.1. The van der Waals surface area contributed by atoms with Gasteiger partial charge in [0.15, 0.2) is 11.5 Å². The quantitative estimate of drug-likeness (QED) is 0.732. The smallest absolute Gasteiger partial charge is 0.226 e. The third-order valence-corrected chi connectivity index (χ3v) is 3.07. The largest absolute Gasteiger partial charge is 0.350 e. The molecule has 3 aromatic heterocycles. The number of halogens is 1. The summed E-state index contributed by atoms with van der Waals surface area (Å²) in [7, 11) is 3.88. The van der Waals surface area contributed by atoms with E-state index in [1.54, 1.807) is 12.5 Å². The van der Waals surface area contributed by atoms with E-state index in [2.05, 4.69) is 24.9 Å². The second-order valence-corrected chi connectivity index (χ2v) is 4.57. The van der Waals surface area contributed by atoms with Gasteiger partial charge in [0.2, 0.25) is 5.28 Å². The predicted molar refractivity (Wildman–Crippen MR) is 72.0 cm³/mol. The van der Waals surface area contributed by atoms with Gasteiger partial charge in [0, 0.05) is 26.5 Å². The van der Waals surface area contributed by atoms with Crippen molar-refractivity contribution in [3.8, 4) is 0 Å². The van der Waals surface area contributed by atoms with Crippen LogP contribution in [0.1, 0.15) is 5.82 Å². The Bertz CT molecular complexity index is 717. The van der Waals surface area contributed by atoms with E-state index in [4.69, 9.17) is 11.6 Å². The average Bonchev–Trinajstić information content (AvgIpc) is 2.98. The third kappa shape index (κ3) is 2.12. The molecule has 0 fully saturated rings. The molecule has 3 rings (SSSR count). The molecule has 0 unspecified atom stereocenters. The number of anilines is 1. The summed E-state index contributed by atoms with van der Waals surface area (Å²) in [5.41, 5.74) is 1.32. The minimum atomic E-state index is 0.182. The van der Waals surface area contributed by atoms with Crippen molar-refractivity contribution in [1.82, 2.24) is 29.5 Å². The number of aromatic amines is 1. The molecule has 0 radical (unpaired) electrons. The van der Waals surface area contributed by atoms with E-state index in [1.165, 1.54) is 0 Å². The number of fused-ring (bicyclic) bond motifs is 1. The van der Waals surface area contributed by atoms with Crippen molar-refractivity contribution in [2.75, 3.05) is 11.9 Å². The third-order valence-electron chi connectivity index (χ3n) is 2.90. The Labute approximate surface area is 114 Å². The summed E-state index contributed by atoms with van der Waals surface area (Å²) in [6, 6.07) is 0. The molecule has 98 valence electrons. The lowest BCUT2D eigenvalue weighted by Gasteiger charge is -2.18. The monoisotopic (exact) mass is 277 g/mol. The highest BCUT2D eigenvalue weighted by molar-refractivity contribution is 6.28. The molecule has 0 aromatic carbocycles. The first kappa shape index (κ1) is 11.9. The predicted octanol–water partition coefficient (Wildman–Crippen LogP) is 1.38. The van der Waals surface area contributed by atoms with E-state index in [0.717, 1.165) is 11.3 Å². The summed E-state index contributed by atoms with van der Waals surface area (Å²) < 4.78 is 1.96. The molecule has 3 heterocycles. The molecule has 0 amide bonds. The summed E-state index contributed by atoms with van der Waals surface area (Å²) in [6.45, 7) is 0.616. The first-order chi connectivity index (χ1) is 9.15. The summed E-state index contributed by atoms with van der Waals surface area (Å²) in [6.07, 6.45) is 5.25. The minimum absolute atomic E-state index is 0.182. The van der Waals surface area contributed by atoms with Gasteiger partial charge in [-0.05, 0) is 11.6 Å². The number of nitrogens with one attached hydrogen (secondary N) is 1. The van der Waals surface area contributed by atoms with Gasteiger partial charge in [0.25, 0.3) is 0 Å². The molecule has 1 N–H and O–H groups in total. The number of aryl methyl sites for hydroxylation is 1. The summed E-state index contributed by atoms with van der Waals surface area (Å²) in [5.74, 6) is 1.64. The van der Waals surface area contributed by atoms with Crippen molar-refractivity contribution in [2.45, 2.75) is 6.54 Å². The highest BCUT2D eigenvalue weighted by Gasteiger charge is 2.14. The fourth-order valence-electron chi connectivity index (χ4n) is 1.90. The lowest BCUT2D eigenvalue weighted by Crippen LogP contribution is -2.20. The number of hydrogen-bond donors (Lipinski definition) is 1. The SMILES string of the molecule is CN(Cc1nccn1C)c1nc(Cl)nc2nc[nH]c12. The van der Waals surface area contributed by atoms with E-state index < -0.39 is 0 Å². The molecule has 19 heavy (non-hydrogen) atoms. The van der Waals surface area contributed by atoms with Crippen molar-refractivity contribution < 1.29 is 0 Å². The van der Waals surface area contributed by atoms with Crippen molar-refractivity contribution >= 4 is 28.6 Å². The summed E-state index contributed by atoms with van der Waals surface area (Å²) >= 11 is 5.91. The lowest BCUT2D eigenvalue weighted by atomic mass is 10.4. The van der Waals surface area contributed by atoms with Gasteiger partial charge in [-0.15, -0.1) is 0 Å². The van der Waals surface area contributed by atoms with Crippen molar-refractivity contribution in [3.05, 3.63) is 29.8 Å². The molecule has 8 heteroatoms. The highest BCUT2D eigenvalue weighted by atomic mass is 35.5. The highest BCUT2D eigenvalue weighted by Crippen LogP contribution is 2.22. The van der Waals surface area contributed by atoms with Gasteiger partial charge in [0.05, 0.1) is 12.9 Å². The van der Waals surface area contributed by atoms with Crippen LogP contribution < -0.4 is 4.90 Å². The molecule has 0 atom stereocenters. The average molecular weight is 278 g/mol. The number of H-pyrrole nitrogens is 1. The Balaban J connectivity index is 1.99. The van der Waals surface area contributed by atoms with Gasteiger partial charge in [-0.25, -0.2) is 9.97 Å². The zero-order chi connectivity index (χ0) is 13.4.